The average Bonchev–Trinajstić information content (AvgIpc) is 2.34. The average molecular weight is 186 g/mol. The van der Waals surface area contributed by atoms with E-state index in [1.807, 2.05) is 13.3 Å². The van der Waals surface area contributed by atoms with Crippen molar-refractivity contribution in [1.29, 1.82) is 0 Å². The molecule has 2 heteroatoms. The second kappa shape index (κ2) is 3.90. The molecule has 0 aromatic heterocycles. The van der Waals surface area contributed by atoms with Gasteiger partial charge in [-0.2, -0.15) is 4.39 Å². The zero-order valence-electron chi connectivity index (χ0n) is 7.03. The first-order chi connectivity index (χ1) is 5.66. The number of hydrogen-bond acceptors (Lipinski definition) is 0. The van der Waals surface area contributed by atoms with Gasteiger partial charge in [0.05, 0.1) is 0 Å². The molecule has 12 heavy (non-hydrogen) atoms. The number of rotatable bonds is 2. The summed E-state index contributed by atoms with van der Waals surface area (Å²) >= 11 is 5.30. The molecule has 0 heterocycles. The fraction of sp³-hybridized carbons (Fsp3) is 0.300. The number of halogens is 2. The molecule has 0 unspecified atom stereocenters. The Morgan fingerprint density at radius 2 is 2.50 bits per heavy atom. The zero-order chi connectivity index (χ0) is 9.14. The summed E-state index contributed by atoms with van der Waals surface area (Å²) in [6.07, 6.45) is 5.05. The van der Waals surface area contributed by atoms with Crippen molar-refractivity contribution in [2.24, 2.45) is 0 Å². The van der Waals surface area contributed by atoms with Gasteiger partial charge in [-0.1, -0.05) is 23.3 Å². The highest BCUT2D eigenvalue weighted by molar-refractivity contribution is 6.28. The minimum atomic E-state index is -0.583. The van der Waals surface area contributed by atoms with Crippen LogP contribution in [0.25, 0.3) is 0 Å². The number of allylic oxidation sites excluding steroid dienone is 4. The molecule has 0 spiro atoms. The molecule has 0 amide bonds. The standard InChI is InChI=1S/C10H11ClF/c1-3-4-8-7(2)5-6-9(8)10(11)12/h3,5H,1,4,6H2,2H3. The van der Waals surface area contributed by atoms with Crippen LogP contribution in [0.2, 0.25) is 0 Å². The molecule has 0 atom stereocenters. The van der Waals surface area contributed by atoms with Gasteiger partial charge in [-0.3, -0.25) is 0 Å². The maximum atomic E-state index is 12.7. The van der Waals surface area contributed by atoms with Crippen LogP contribution in [0.3, 0.4) is 0 Å². The van der Waals surface area contributed by atoms with Crippen molar-refractivity contribution >= 4 is 11.6 Å². The van der Waals surface area contributed by atoms with Crippen molar-refractivity contribution in [3.05, 3.63) is 41.1 Å². The van der Waals surface area contributed by atoms with Gasteiger partial charge in [0.2, 0.25) is 0 Å². The lowest BCUT2D eigenvalue weighted by Crippen LogP contribution is -1.84. The summed E-state index contributed by atoms with van der Waals surface area (Å²) < 4.78 is 12.7. The monoisotopic (exact) mass is 185 g/mol. The molecule has 0 bridgehead atoms. The molecule has 0 aliphatic heterocycles. The largest absolute Gasteiger partial charge is 0.193 e. The van der Waals surface area contributed by atoms with Crippen LogP contribution in [0.1, 0.15) is 19.8 Å². The van der Waals surface area contributed by atoms with E-state index < -0.39 is 5.29 Å². The highest BCUT2D eigenvalue weighted by Gasteiger charge is 2.18. The molecule has 1 aliphatic rings. The van der Waals surface area contributed by atoms with E-state index in [-0.39, 0.29) is 0 Å². The molecule has 65 valence electrons. The smallest absolute Gasteiger partial charge is 0.192 e. The molecule has 0 aromatic rings. The summed E-state index contributed by atoms with van der Waals surface area (Å²) in [5.74, 6) is 0. The van der Waals surface area contributed by atoms with E-state index in [2.05, 4.69) is 6.58 Å². The van der Waals surface area contributed by atoms with Gasteiger partial charge < -0.3 is 0 Å². The van der Waals surface area contributed by atoms with E-state index >= 15 is 0 Å². The van der Waals surface area contributed by atoms with Gasteiger partial charge >= 0.3 is 0 Å². The van der Waals surface area contributed by atoms with Crippen molar-refractivity contribution < 1.29 is 4.39 Å². The Labute approximate surface area is 77.4 Å². The van der Waals surface area contributed by atoms with Crippen molar-refractivity contribution in [3.8, 4) is 0 Å². The van der Waals surface area contributed by atoms with Crippen LogP contribution in [0, 0.1) is 6.42 Å². The Morgan fingerprint density at radius 3 is 3.00 bits per heavy atom. The van der Waals surface area contributed by atoms with Crippen molar-refractivity contribution in [2.75, 3.05) is 0 Å². The second-order valence-corrected chi connectivity index (χ2v) is 3.13. The number of hydrogen-bond donors (Lipinski definition) is 0. The summed E-state index contributed by atoms with van der Waals surface area (Å²) in [4.78, 5) is 0. The van der Waals surface area contributed by atoms with E-state index in [9.17, 15) is 4.39 Å². The maximum absolute atomic E-state index is 12.7. The van der Waals surface area contributed by atoms with Gasteiger partial charge in [0.15, 0.2) is 5.29 Å². The Hall–Kier alpha value is -0.560. The van der Waals surface area contributed by atoms with Gasteiger partial charge in [0.25, 0.3) is 0 Å². The topological polar surface area (TPSA) is 0 Å². The SMILES string of the molecule is C=CCC1=C(C)[CH]CC1=C(F)Cl. The molecule has 0 N–H and O–H groups in total. The molecule has 0 saturated carbocycles. The minimum Gasteiger partial charge on any atom is -0.193 e. The molecule has 0 aromatic carbocycles. The fourth-order valence-electron chi connectivity index (χ4n) is 1.36. The third kappa shape index (κ3) is 1.78. The van der Waals surface area contributed by atoms with Crippen LogP contribution in [0.5, 0.6) is 0 Å². The van der Waals surface area contributed by atoms with Crippen LogP contribution in [0.15, 0.2) is 34.7 Å². The van der Waals surface area contributed by atoms with E-state index in [1.54, 1.807) is 6.08 Å². The molecule has 1 radical (unpaired) electrons. The fourth-order valence-corrected chi connectivity index (χ4v) is 1.55. The second-order valence-electron chi connectivity index (χ2n) is 2.80. The van der Waals surface area contributed by atoms with E-state index in [0.717, 1.165) is 11.1 Å². The first-order valence-corrected chi connectivity index (χ1v) is 4.23. The lowest BCUT2D eigenvalue weighted by atomic mass is 10.1. The summed E-state index contributed by atoms with van der Waals surface area (Å²) in [5.41, 5.74) is 2.72. The molecule has 1 aliphatic carbocycles. The summed E-state index contributed by atoms with van der Waals surface area (Å²) in [7, 11) is 0. The lowest BCUT2D eigenvalue weighted by Gasteiger charge is -2.02. The third-order valence-electron chi connectivity index (χ3n) is 2.03. The lowest BCUT2D eigenvalue weighted by molar-refractivity contribution is 0.681. The van der Waals surface area contributed by atoms with Crippen LogP contribution in [0.4, 0.5) is 4.39 Å². The molecular weight excluding hydrogens is 175 g/mol. The van der Waals surface area contributed by atoms with Crippen LogP contribution >= 0.6 is 11.6 Å². The third-order valence-corrected chi connectivity index (χ3v) is 2.26. The molecule has 1 rings (SSSR count). The van der Waals surface area contributed by atoms with Gasteiger partial charge in [-0.05, 0) is 31.8 Å². The van der Waals surface area contributed by atoms with Crippen LogP contribution in [-0.4, -0.2) is 0 Å². The predicted molar refractivity (Wildman–Crippen MR) is 50.4 cm³/mol. The molecule has 0 saturated heterocycles. The Balaban J connectivity index is 2.97. The minimum absolute atomic E-state index is 0.583. The summed E-state index contributed by atoms with van der Waals surface area (Å²) in [6.45, 7) is 5.58. The van der Waals surface area contributed by atoms with E-state index in [1.165, 1.54) is 0 Å². The maximum Gasteiger partial charge on any atom is 0.192 e. The van der Waals surface area contributed by atoms with Gasteiger partial charge in [0, 0.05) is 5.57 Å². The van der Waals surface area contributed by atoms with Gasteiger partial charge in [-0.15, -0.1) is 6.58 Å². The summed E-state index contributed by atoms with van der Waals surface area (Å²) in [6, 6.07) is 0. The van der Waals surface area contributed by atoms with Gasteiger partial charge in [-0.25, -0.2) is 0 Å². The highest BCUT2D eigenvalue weighted by Crippen LogP contribution is 2.36. The van der Waals surface area contributed by atoms with Crippen LogP contribution in [-0.2, 0) is 0 Å². The quantitative estimate of drug-likeness (QED) is 0.573. The Kier molecular flexibility index (Phi) is 3.10. The first-order valence-electron chi connectivity index (χ1n) is 3.85. The Bertz CT molecular complexity index is 257. The summed E-state index contributed by atoms with van der Waals surface area (Å²) in [5, 5.41) is -0.583. The van der Waals surface area contributed by atoms with Crippen molar-refractivity contribution in [2.45, 2.75) is 19.8 Å². The van der Waals surface area contributed by atoms with E-state index in [4.69, 9.17) is 11.6 Å². The normalized spacial score (nSPS) is 21.6. The molecular formula is C10H11ClF. The van der Waals surface area contributed by atoms with Crippen LogP contribution < -0.4 is 0 Å². The first kappa shape index (κ1) is 9.53. The Morgan fingerprint density at radius 1 is 1.83 bits per heavy atom. The van der Waals surface area contributed by atoms with Crippen molar-refractivity contribution in [3.63, 3.8) is 0 Å². The highest BCUT2D eigenvalue weighted by atomic mass is 35.5. The molecule has 0 fully saturated rings. The van der Waals surface area contributed by atoms with E-state index in [0.29, 0.717) is 18.4 Å². The van der Waals surface area contributed by atoms with Crippen molar-refractivity contribution in [1.82, 2.24) is 0 Å². The molecule has 0 nitrogen and oxygen atoms in total. The zero-order valence-corrected chi connectivity index (χ0v) is 7.79. The predicted octanol–water partition coefficient (Wildman–Crippen LogP) is 3.91. The van der Waals surface area contributed by atoms with Gasteiger partial charge in [0.1, 0.15) is 0 Å².